The lowest BCUT2D eigenvalue weighted by atomic mass is 10.1. The van der Waals surface area contributed by atoms with Crippen LogP contribution in [0.15, 0.2) is 60.7 Å². The highest BCUT2D eigenvalue weighted by atomic mass is 16.1. The van der Waals surface area contributed by atoms with Gasteiger partial charge in [0.25, 0.3) is 5.91 Å². The van der Waals surface area contributed by atoms with Crippen molar-refractivity contribution in [2.24, 2.45) is 0 Å². The molecule has 0 fully saturated rings. The van der Waals surface area contributed by atoms with Gasteiger partial charge >= 0.3 is 0 Å². The summed E-state index contributed by atoms with van der Waals surface area (Å²) in [6, 6.07) is 19.1. The van der Waals surface area contributed by atoms with Crippen molar-refractivity contribution in [3.05, 3.63) is 77.4 Å². The molecule has 3 aromatic carbocycles. The predicted molar refractivity (Wildman–Crippen MR) is 101 cm³/mol. The van der Waals surface area contributed by atoms with E-state index >= 15 is 0 Å². The van der Waals surface area contributed by atoms with Crippen molar-refractivity contribution < 1.29 is 4.79 Å². The van der Waals surface area contributed by atoms with Gasteiger partial charge in [0.15, 0.2) is 0 Å². The number of aromatic nitrogens is 2. The van der Waals surface area contributed by atoms with Crippen molar-refractivity contribution in [3.63, 3.8) is 0 Å². The summed E-state index contributed by atoms with van der Waals surface area (Å²) in [6.45, 7) is 4.02. The highest BCUT2D eigenvalue weighted by Gasteiger charge is 2.14. The number of fused-ring (bicyclic) bond motifs is 2. The highest BCUT2D eigenvalue weighted by Crippen LogP contribution is 2.22. The molecule has 1 N–H and O–H groups in total. The first-order valence-corrected chi connectivity index (χ1v) is 8.16. The Kier molecular flexibility index (Phi) is 3.65. The maximum atomic E-state index is 12.8. The van der Waals surface area contributed by atoms with Crippen LogP contribution in [-0.4, -0.2) is 15.9 Å². The van der Waals surface area contributed by atoms with Gasteiger partial charge in [-0.05, 0) is 49.7 Å². The molecular weight excluding hydrogens is 310 g/mol. The molecular formula is C21H17N3O. The monoisotopic (exact) mass is 327 g/mol. The molecule has 0 radical (unpaired) electrons. The van der Waals surface area contributed by atoms with Crippen LogP contribution in [0.3, 0.4) is 0 Å². The summed E-state index contributed by atoms with van der Waals surface area (Å²) < 4.78 is 0. The minimum atomic E-state index is -0.179. The number of nitrogens with zero attached hydrogens (tertiary/aromatic N) is 2. The van der Waals surface area contributed by atoms with Gasteiger partial charge in [-0.1, -0.05) is 35.9 Å². The van der Waals surface area contributed by atoms with Crippen LogP contribution in [0, 0.1) is 13.8 Å². The van der Waals surface area contributed by atoms with E-state index in [-0.39, 0.29) is 5.91 Å². The van der Waals surface area contributed by atoms with Gasteiger partial charge in [0.1, 0.15) is 5.52 Å². The quantitative estimate of drug-likeness (QED) is 0.545. The number of rotatable bonds is 2. The first-order chi connectivity index (χ1) is 12.1. The van der Waals surface area contributed by atoms with Gasteiger partial charge in [-0.2, -0.15) is 0 Å². The van der Waals surface area contributed by atoms with Gasteiger partial charge in [-0.3, -0.25) is 4.79 Å². The number of para-hydroxylation sites is 3. The Morgan fingerprint density at radius 2 is 1.56 bits per heavy atom. The zero-order chi connectivity index (χ0) is 17.4. The molecule has 0 spiro atoms. The van der Waals surface area contributed by atoms with Crippen LogP contribution in [0.5, 0.6) is 0 Å². The molecule has 1 amide bonds. The number of anilines is 1. The van der Waals surface area contributed by atoms with E-state index in [1.165, 1.54) is 0 Å². The van der Waals surface area contributed by atoms with Crippen LogP contribution in [0.25, 0.3) is 22.1 Å². The third-order valence-electron chi connectivity index (χ3n) is 4.24. The molecule has 0 aliphatic rings. The summed E-state index contributed by atoms with van der Waals surface area (Å²) in [6.07, 6.45) is 0. The largest absolute Gasteiger partial charge is 0.322 e. The maximum absolute atomic E-state index is 12.8. The SMILES string of the molecule is Cc1ccc(NC(=O)c2cccc3nc4ccccc4nc23)c(C)c1. The van der Waals surface area contributed by atoms with Crippen LogP contribution < -0.4 is 5.32 Å². The summed E-state index contributed by atoms with van der Waals surface area (Å²) in [5.41, 5.74) is 6.46. The molecule has 4 rings (SSSR count). The van der Waals surface area contributed by atoms with E-state index in [1.54, 1.807) is 6.07 Å². The van der Waals surface area contributed by atoms with E-state index in [4.69, 9.17) is 0 Å². The Labute approximate surface area is 145 Å². The van der Waals surface area contributed by atoms with Crippen molar-refractivity contribution in [1.29, 1.82) is 0 Å². The molecule has 1 aromatic heterocycles. The zero-order valence-corrected chi connectivity index (χ0v) is 14.1. The lowest BCUT2D eigenvalue weighted by molar-refractivity contribution is 0.102. The Morgan fingerprint density at radius 3 is 2.32 bits per heavy atom. The van der Waals surface area contributed by atoms with E-state index in [1.807, 2.05) is 68.4 Å². The van der Waals surface area contributed by atoms with E-state index in [9.17, 15) is 4.79 Å². The van der Waals surface area contributed by atoms with Gasteiger partial charge in [-0.25, -0.2) is 9.97 Å². The third-order valence-corrected chi connectivity index (χ3v) is 4.24. The summed E-state index contributed by atoms with van der Waals surface area (Å²) in [5.74, 6) is -0.179. The molecule has 0 unspecified atom stereocenters. The van der Waals surface area contributed by atoms with Crippen molar-refractivity contribution >= 4 is 33.7 Å². The zero-order valence-electron chi connectivity index (χ0n) is 14.1. The van der Waals surface area contributed by atoms with Gasteiger partial charge in [0.2, 0.25) is 0 Å². The fourth-order valence-corrected chi connectivity index (χ4v) is 2.97. The van der Waals surface area contributed by atoms with E-state index in [0.717, 1.165) is 27.8 Å². The van der Waals surface area contributed by atoms with E-state index in [0.29, 0.717) is 16.6 Å². The average Bonchev–Trinajstić information content (AvgIpc) is 2.61. The van der Waals surface area contributed by atoms with Gasteiger partial charge in [0, 0.05) is 5.69 Å². The normalized spacial score (nSPS) is 11.0. The molecule has 0 atom stereocenters. The summed E-state index contributed by atoms with van der Waals surface area (Å²) >= 11 is 0. The van der Waals surface area contributed by atoms with Crippen LogP contribution >= 0.6 is 0 Å². The number of hydrogen-bond donors (Lipinski definition) is 1. The Balaban J connectivity index is 1.79. The second-order valence-corrected chi connectivity index (χ2v) is 6.16. The number of nitrogens with one attached hydrogen (secondary N) is 1. The number of amides is 1. The Morgan fingerprint density at radius 1 is 0.840 bits per heavy atom. The standard InChI is InChI=1S/C21H17N3O/c1-13-10-11-16(14(2)12-13)24-21(25)15-6-5-9-19-20(15)23-18-8-4-3-7-17(18)22-19/h3-12H,1-2H3,(H,24,25). The second kappa shape index (κ2) is 5.98. The molecule has 0 aliphatic carbocycles. The highest BCUT2D eigenvalue weighted by molar-refractivity contribution is 6.12. The molecule has 4 aromatic rings. The number of carbonyl (C=O) groups excluding carboxylic acids is 1. The third kappa shape index (κ3) is 2.83. The minimum Gasteiger partial charge on any atom is -0.322 e. The summed E-state index contributed by atoms with van der Waals surface area (Å²) in [5, 5.41) is 2.99. The van der Waals surface area contributed by atoms with E-state index < -0.39 is 0 Å². The molecule has 0 saturated heterocycles. The lowest BCUT2D eigenvalue weighted by Crippen LogP contribution is -2.14. The Hall–Kier alpha value is -3.27. The number of benzene rings is 3. The van der Waals surface area contributed by atoms with Crippen molar-refractivity contribution in [2.75, 3.05) is 5.32 Å². The molecule has 0 aliphatic heterocycles. The molecule has 122 valence electrons. The van der Waals surface area contributed by atoms with Crippen LogP contribution in [0.2, 0.25) is 0 Å². The van der Waals surface area contributed by atoms with E-state index in [2.05, 4.69) is 15.3 Å². The van der Waals surface area contributed by atoms with Crippen LogP contribution in [0.1, 0.15) is 21.5 Å². The molecule has 0 bridgehead atoms. The van der Waals surface area contributed by atoms with Crippen molar-refractivity contribution in [2.45, 2.75) is 13.8 Å². The molecule has 4 heteroatoms. The Bertz CT molecular complexity index is 1120. The fourth-order valence-electron chi connectivity index (χ4n) is 2.97. The fraction of sp³-hybridized carbons (Fsp3) is 0.0952. The van der Waals surface area contributed by atoms with Gasteiger partial charge in [0.05, 0.1) is 22.1 Å². The maximum Gasteiger partial charge on any atom is 0.257 e. The van der Waals surface area contributed by atoms with Gasteiger partial charge in [-0.15, -0.1) is 0 Å². The van der Waals surface area contributed by atoms with Crippen molar-refractivity contribution in [1.82, 2.24) is 9.97 Å². The molecule has 4 nitrogen and oxygen atoms in total. The van der Waals surface area contributed by atoms with Crippen LogP contribution in [0.4, 0.5) is 5.69 Å². The topological polar surface area (TPSA) is 54.9 Å². The van der Waals surface area contributed by atoms with Crippen molar-refractivity contribution in [3.8, 4) is 0 Å². The molecule has 1 heterocycles. The number of carbonyl (C=O) groups is 1. The summed E-state index contributed by atoms with van der Waals surface area (Å²) in [7, 11) is 0. The first-order valence-electron chi connectivity index (χ1n) is 8.16. The second-order valence-electron chi connectivity index (χ2n) is 6.16. The average molecular weight is 327 g/mol. The van der Waals surface area contributed by atoms with Crippen LogP contribution in [-0.2, 0) is 0 Å². The number of aryl methyl sites for hydroxylation is 2. The minimum absolute atomic E-state index is 0.179. The first kappa shape index (κ1) is 15.3. The molecule has 25 heavy (non-hydrogen) atoms. The lowest BCUT2D eigenvalue weighted by Gasteiger charge is -2.11. The molecule has 0 saturated carbocycles. The smallest absolute Gasteiger partial charge is 0.257 e. The summed E-state index contributed by atoms with van der Waals surface area (Å²) in [4.78, 5) is 22.1. The number of hydrogen-bond acceptors (Lipinski definition) is 3. The predicted octanol–water partition coefficient (Wildman–Crippen LogP) is 4.65. The van der Waals surface area contributed by atoms with Gasteiger partial charge < -0.3 is 5.32 Å².